The maximum Gasteiger partial charge on any atom is 0.0702 e. The number of anilines is 1. The lowest BCUT2D eigenvalue weighted by molar-refractivity contribution is 0.198. The zero-order chi connectivity index (χ0) is 14.0. The van der Waals surface area contributed by atoms with Gasteiger partial charge in [-0.25, -0.2) is 0 Å². The molecule has 2 nitrogen and oxygen atoms in total. The molecule has 0 bridgehead atoms. The highest BCUT2D eigenvalue weighted by Crippen LogP contribution is 2.36. The van der Waals surface area contributed by atoms with Crippen LogP contribution in [0.15, 0.2) is 22.7 Å². The molecule has 1 aromatic carbocycles. The molecular formula is C16H24BrNO. The van der Waals surface area contributed by atoms with Gasteiger partial charge in [-0.1, -0.05) is 36.7 Å². The molecule has 2 rings (SSSR count). The fourth-order valence-corrected chi connectivity index (χ4v) is 3.38. The van der Waals surface area contributed by atoms with Crippen molar-refractivity contribution >= 4 is 21.6 Å². The number of rotatable bonds is 2. The number of benzene rings is 1. The van der Waals surface area contributed by atoms with Crippen LogP contribution in [0.5, 0.6) is 0 Å². The second-order valence-corrected chi connectivity index (χ2v) is 7.47. The second kappa shape index (κ2) is 5.84. The van der Waals surface area contributed by atoms with Gasteiger partial charge in [0.15, 0.2) is 0 Å². The maximum atomic E-state index is 9.51. The topological polar surface area (TPSA) is 23.5 Å². The van der Waals surface area contributed by atoms with Gasteiger partial charge in [-0.05, 0) is 42.4 Å². The van der Waals surface area contributed by atoms with Crippen LogP contribution in [0.2, 0.25) is 0 Å². The number of aliphatic hydroxyl groups excluding tert-OH is 1. The molecular weight excluding hydrogens is 302 g/mol. The fraction of sp³-hybridized carbons (Fsp3) is 0.625. The van der Waals surface area contributed by atoms with Crippen molar-refractivity contribution in [2.45, 2.75) is 40.2 Å². The summed E-state index contributed by atoms with van der Waals surface area (Å²) in [6.07, 6.45) is 2.48. The van der Waals surface area contributed by atoms with Crippen LogP contribution in [0.1, 0.15) is 39.2 Å². The zero-order valence-corrected chi connectivity index (χ0v) is 13.7. The molecule has 106 valence electrons. The van der Waals surface area contributed by atoms with Gasteiger partial charge in [0.2, 0.25) is 0 Å². The fourth-order valence-electron chi connectivity index (χ4n) is 2.98. The first-order valence-corrected chi connectivity index (χ1v) is 7.85. The minimum Gasteiger partial charge on any atom is -0.392 e. The Hall–Kier alpha value is -0.540. The van der Waals surface area contributed by atoms with E-state index < -0.39 is 0 Å². The molecule has 1 aliphatic rings. The number of piperidine rings is 1. The Labute approximate surface area is 124 Å². The summed E-state index contributed by atoms with van der Waals surface area (Å²) in [7, 11) is 0. The van der Waals surface area contributed by atoms with Crippen molar-refractivity contribution in [2.75, 3.05) is 18.0 Å². The summed E-state index contributed by atoms with van der Waals surface area (Å²) in [6.45, 7) is 9.31. The molecule has 1 heterocycles. The average Bonchev–Trinajstić information content (AvgIpc) is 2.37. The van der Waals surface area contributed by atoms with Crippen LogP contribution in [0.3, 0.4) is 0 Å². The monoisotopic (exact) mass is 325 g/mol. The summed E-state index contributed by atoms with van der Waals surface area (Å²) in [5.74, 6) is 0.803. The quantitative estimate of drug-likeness (QED) is 0.880. The summed E-state index contributed by atoms with van der Waals surface area (Å²) in [5.41, 5.74) is 2.62. The molecule has 0 aromatic heterocycles. The highest BCUT2D eigenvalue weighted by molar-refractivity contribution is 9.10. The molecule has 19 heavy (non-hydrogen) atoms. The first-order valence-electron chi connectivity index (χ1n) is 7.06. The van der Waals surface area contributed by atoms with Crippen molar-refractivity contribution in [2.24, 2.45) is 11.3 Å². The standard InChI is InChI=1S/C16H24BrNO/c1-16(2,3)13-6-8-18(9-7-13)15-5-4-14(17)10-12(15)11-19/h4-5,10,13,19H,6-9,11H2,1-3H3. The van der Waals surface area contributed by atoms with Crippen molar-refractivity contribution in [3.63, 3.8) is 0 Å². The molecule has 0 unspecified atom stereocenters. The van der Waals surface area contributed by atoms with Crippen molar-refractivity contribution < 1.29 is 5.11 Å². The Balaban J connectivity index is 2.10. The van der Waals surface area contributed by atoms with E-state index in [1.807, 2.05) is 6.07 Å². The molecule has 0 spiro atoms. The zero-order valence-electron chi connectivity index (χ0n) is 12.1. The predicted octanol–water partition coefficient (Wildman–Crippen LogP) is 4.20. The predicted molar refractivity (Wildman–Crippen MR) is 84.5 cm³/mol. The van der Waals surface area contributed by atoms with E-state index in [1.165, 1.54) is 18.5 Å². The minimum atomic E-state index is 0.105. The smallest absolute Gasteiger partial charge is 0.0702 e. The molecule has 1 aromatic rings. The largest absolute Gasteiger partial charge is 0.392 e. The number of hydrogen-bond donors (Lipinski definition) is 1. The van der Waals surface area contributed by atoms with E-state index in [2.05, 4.69) is 53.7 Å². The number of halogens is 1. The Bertz CT molecular complexity index is 431. The third kappa shape index (κ3) is 3.51. The van der Waals surface area contributed by atoms with E-state index in [4.69, 9.17) is 0 Å². The van der Waals surface area contributed by atoms with Gasteiger partial charge < -0.3 is 10.0 Å². The molecule has 0 saturated carbocycles. The van der Waals surface area contributed by atoms with Crippen molar-refractivity contribution in [3.05, 3.63) is 28.2 Å². The number of hydrogen-bond acceptors (Lipinski definition) is 2. The average molecular weight is 326 g/mol. The Morgan fingerprint density at radius 2 is 1.89 bits per heavy atom. The highest BCUT2D eigenvalue weighted by Gasteiger charge is 2.29. The van der Waals surface area contributed by atoms with Crippen LogP contribution in [0, 0.1) is 11.3 Å². The summed E-state index contributed by atoms with van der Waals surface area (Å²) in [5, 5.41) is 9.51. The molecule has 0 radical (unpaired) electrons. The molecule has 0 atom stereocenters. The maximum absolute atomic E-state index is 9.51. The van der Waals surface area contributed by atoms with Gasteiger partial charge in [-0.3, -0.25) is 0 Å². The lowest BCUT2D eigenvalue weighted by Gasteiger charge is -2.40. The van der Waals surface area contributed by atoms with Crippen molar-refractivity contribution in [3.8, 4) is 0 Å². The normalized spacial score (nSPS) is 17.8. The summed E-state index contributed by atoms with van der Waals surface area (Å²) in [6, 6.07) is 6.20. The van der Waals surface area contributed by atoms with Crippen LogP contribution >= 0.6 is 15.9 Å². The lowest BCUT2D eigenvalue weighted by Crippen LogP contribution is -2.38. The summed E-state index contributed by atoms with van der Waals surface area (Å²) < 4.78 is 1.03. The number of nitrogens with zero attached hydrogens (tertiary/aromatic N) is 1. The third-order valence-electron chi connectivity index (χ3n) is 4.27. The van der Waals surface area contributed by atoms with Gasteiger partial charge in [0, 0.05) is 28.8 Å². The Morgan fingerprint density at radius 1 is 1.26 bits per heavy atom. The van der Waals surface area contributed by atoms with Crippen LogP contribution in [0.4, 0.5) is 5.69 Å². The van der Waals surface area contributed by atoms with E-state index in [0.717, 1.165) is 29.0 Å². The molecule has 3 heteroatoms. The molecule has 0 aliphatic carbocycles. The van der Waals surface area contributed by atoms with Crippen LogP contribution in [0.25, 0.3) is 0 Å². The molecule has 1 fully saturated rings. The highest BCUT2D eigenvalue weighted by atomic mass is 79.9. The molecule has 1 saturated heterocycles. The Morgan fingerprint density at radius 3 is 2.42 bits per heavy atom. The molecule has 0 amide bonds. The lowest BCUT2D eigenvalue weighted by atomic mass is 9.75. The minimum absolute atomic E-state index is 0.105. The van der Waals surface area contributed by atoms with Gasteiger partial charge >= 0.3 is 0 Å². The van der Waals surface area contributed by atoms with E-state index in [1.54, 1.807) is 0 Å². The van der Waals surface area contributed by atoms with Gasteiger partial charge in [0.05, 0.1) is 6.61 Å². The summed E-state index contributed by atoms with van der Waals surface area (Å²) >= 11 is 3.47. The second-order valence-electron chi connectivity index (χ2n) is 6.56. The van der Waals surface area contributed by atoms with Crippen molar-refractivity contribution in [1.29, 1.82) is 0 Å². The molecule has 1 N–H and O–H groups in total. The van der Waals surface area contributed by atoms with E-state index in [-0.39, 0.29) is 6.61 Å². The number of aliphatic hydroxyl groups is 1. The van der Waals surface area contributed by atoms with Gasteiger partial charge in [0.1, 0.15) is 0 Å². The van der Waals surface area contributed by atoms with Crippen molar-refractivity contribution in [1.82, 2.24) is 0 Å². The molecule has 1 aliphatic heterocycles. The van der Waals surface area contributed by atoms with E-state index >= 15 is 0 Å². The van der Waals surface area contributed by atoms with Crippen LogP contribution < -0.4 is 4.90 Å². The van der Waals surface area contributed by atoms with Gasteiger partial charge in [-0.2, -0.15) is 0 Å². The Kier molecular flexibility index (Phi) is 4.57. The first kappa shape index (κ1) is 14.9. The van der Waals surface area contributed by atoms with E-state index in [9.17, 15) is 5.11 Å². The van der Waals surface area contributed by atoms with Crippen LogP contribution in [-0.4, -0.2) is 18.2 Å². The third-order valence-corrected chi connectivity index (χ3v) is 4.77. The van der Waals surface area contributed by atoms with Gasteiger partial charge in [0.25, 0.3) is 0 Å². The van der Waals surface area contributed by atoms with E-state index in [0.29, 0.717) is 5.41 Å². The first-order chi connectivity index (χ1) is 8.91. The SMILES string of the molecule is CC(C)(C)C1CCN(c2ccc(Br)cc2CO)CC1. The summed E-state index contributed by atoms with van der Waals surface area (Å²) in [4.78, 5) is 2.42. The van der Waals surface area contributed by atoms with Gasteiger partial charge in [-0.15, -0.1) is 0 Å². The van der Waals surface area contributed by atoms with Crippen LogP contribution in [-0.2, 0) is 6.61 Å².